The van der Waals surface area contributed by atoms with E-state index in [1.54, 1.807) is 0 Å². The van der Waals surface area contributed by atoms with Crippen molar-refractivity contribution in [1.29, 1.82) is 0 Å². The van der Waals surface area contributed by atoms with Crippen molar-refractivity contribution < 1.29 is 14.0 Å². The van der Waals surface area contributed by atoms with Crippen LogP contribution in [0.2, 0.25) is 0 Å². The minimum atomic E-state index is -0.426. The molecule has 0 bridgehead atoms. The van der Waals surface area contributed by atoms with Gasteiger partial charge in [0.15, 0.2) is 0 Å². The fourth-order valence-corrected chi connectivity index (χ4v) is 4.63. The summed E-state index contributed by atoms with van der Waals surface area (Å²) >= 11 is 0. The quantitative estimate of drug-likeness (QED) is 0.838. The van der Waals surface area contributed by atoms with Crippen LogP contribution in [0.15, 0.2) is 47.4 Å². The molecule has 6 nitrogen and oxygen atoms in total. The lowest BCUT2D eigenvalue weighted by molar-refractivity contribution is -0.131. The zero-order chi connectivity index (χ0) is 21.1. The minimum absolute atomic E-state index is 0.0768. The standard InChI is InChI=1S/C23H26FN3O3/c24-18-5-7-19(8-6-18)25-22(30)17-4-9-20(28)27(14-17)15-21(29)26-13-12-23(16-26)10-2-1-3-11-23/h4-9,14H,1-3,10-13,15-16H2,(H,25,30). The number of anilines is 1. The molecule has 30 heavy (non-hydrogen) atoms. The number of aromatic nitrogens is 1. The number of carbonyl (C=O) groups excluding carboxylic acids is 2. The number of nitrogens with zero attached hydrogens (tertiary/aromatic N) is 2. The molecule has 0 radical (unpaired) electrons. The fourth-order valence-electron chi connectivity index (χ4n) is 4.63. The smallest absolute Gasteiger partial charge is 0.257 e. The van der Waals surface area contributed by atoms with Crippen molar-refractivity contribution in [2.24, 2.45) is 5.41 Å². The molecule has 2 fully saturated rings. The highest BCUT2D eigenvalue weighted by atomic mass is 19.1. The molecule has 2 amide bonds. The fraction of sp³-hybridized carbons (Fsp3) is 0.435. The zero-order valence-electron chi connectivity index (χ0n) is 16.9. The molecule has 1 saturated heterocycles. The molecular formula is C23H26FN3O3. The summed E-state index contributed by atoms with van der Waals surface area (Å²) in [5.74, 6) is -0.905. The number of halogens is 1. The van der Waals surface area contributed by atoms with E-state index in [4.69, 9.17) is 0 Å². The lowest BCUT2D eigenvalue weighted by Crippen LogP contribution is -2.37. The Bertz CT molecular complexity index is 993. The van der Waals surface area contributed by atoms with Gasteiger partial charge < -0.3 is 14.8 Å². The Morgan fingerprint density at radius 2 is 1.73 bits per heavy atom. The van der Waals surface area contributed by atoms with E-state index in [1.165, 1.54) is 79.3 Å². The molecule has 2 heterocycles. The third-order valence-electron chi connectivity index (χ3n) is 6.36. The van der Waals surface area contributed by atoms with E-state index in [1.807, 2.05) is 4.90 Å². The summed E-state index contributed by atoms with van der Waals surface area (Å²) in [4.78, 5) is 39.4. The predicted octanol–water partition coefficient (Wildman–Crippen LogP) is 3.42. The van der Waals surface area contributed by atoms with Gasteiger partial charge in [0.05, 0.1) is 5.56 Å². The topological polar surface area (TPSA) is 71.4 Å². The van der Waals surface area contributed by atoms with Crippen LogP contribution in [-0.2, 0) is 11.3 Å². The van der Waals surface area contributed by atoms with E-state index >= 15 is 0 Å². The molecule has 1 aromatic heterocycles. The molecule has 0 unspecified atom stereocenters. The number of hydrogen-bond donors (Lipinski definition) is 1. The number of carbonyl (C=O) groups is 2. The number of benzene rings is 1. The van der Waals surface area contributed by atoms with Crippen LogP contribution < -0.4 is 10.9 Å². The summed E-state index contributed by atoms with van der Waals surface area (Å²) in [7, 11) is 0. The van der Waals surface area contributed by atoms with E-state index in [2.05, 4.69) is 5.32 Å². The lowest BCUT2D eigenvalue weighted by Gasteiger charge is -2.33. The molecule has 1 aliphatic heterocycles. The van der Waals surface area contributed by atoms with Crippen molar-refractivity contribution in [2.45, 2.75) is 45.1 Å². The normalized spacial score (nSPS) is 17.8. The van der Waals surface area contributed by atoms with Gasteiger partial charge in [-0.1, -0.05) is 19.3 Å². The molecule has 1 spiro atoms. The number of amides is 2. The Labute approximate surface area is 174 Å². The predicted molar refractivity (Wildman–Crippen MR) is 112 cm³/mol. The molecule has 0 atom stereocenters. The van der Waals surface area contributed by atoms with Crippen molar-refractivity contribution in [3.05, 3.63) is 64.3 Å². The molecule has 4 rings (SSSR count). The number of nitrogens with one attached hydrogen (secondary N) is 1. The summed E-state index contributed by atoms with van der Waals surface area (Å²) in [6, 6.07) is 8.14. The molecule has 7 heteroatoms. The van der Waals surface area contributed by atoms with Crippen molar-refractivity contribution >= 4 is 17.5 Å². The first kappa shape index (κ1) is 20.3. The highest BCUT2D eigenvalue weighted by Gasteiger charge is 2.40. The van der Waals surface area contributed by atoms with Gasteiger partial charge in [0.2, 0.25) is 5.91 Å². The minimum Gasteiger partial charge on any atom is -0.341 e. The average Bonchev–Trinajstić information content (AvgIpc) is 3.15. The Morgan fingerprint density at radius 1 is 1.00 bits per heavy atom. The summed E-state index contributed by atoms with van der Waals surface area (Å²) in [5.41, 5.74) is 0.644. The van der Waals surface area contributed by atoms with Gasteiger partial charge in [-0.3, -0.25) is 14.4 Å². The lowest BCUT2D eigenvalue weighted by atomic mass is 9.73. The van der Waals surface area contributed by atoms with Gasteiger partial charge in [0, 0.05) is 31.0 Å². The largest absolute Gasteiger partial charge is 0.341 e. The number of likely N-dealkylation sites (tertiary alicyclic amines) is 1. The van der Waals surface area contributed by atoms with Crippen molar-refractivity contribution in [1.82, 2.24) is 9.47 Å². The van der Waals surface area contributed by atoms with Gasteiger partial charge in [0.25, 0.3) is 11.5 Å². The first-order valence-electron chi connectivity index (χ1n) is 10.5. The second-order valence-electron chi connectivity index (χ2n) is 8.47. The van der Waals surface area contributed by atoms with Gasteiger partial charge in [-0.2, -0.15) is 0 Å². The van der Waals surface area contributed by atoms with Crippen LogP contribution in [0.4, 0.5) is 10.1 Å². The van der Waals surface area contributed by atoms with Crippen LogP contribution in [-0.4, -0.2) is 34.4 Å². The van der Waals surface area contributed by atoms with Crippen LogP contribution in [0.5, 0.6) is 0 Å². The SMILES string of the molecule is O=C(Nc1ccc(F)cc1)c1ccc(=O)n(CC(=O)N2CCC3(CCCCC3)C2)c1. The molecule has 1 aromatic carbocycles. The van der Waals surface area contributed by atoms with Gasteiger partial charge in [-0.15, -0.1) is 0 Å². The van der Waals surface area contributed by atoms with E-state index in [9.17, 15) is 18.8 Å². The highest BCUT2D eigenvalue weighted by molar-refractivity contribution is 6.04. The molecule has 158 valence electrons. The number of hydrogen-bond acceptors (Lipinski definition) is 3. The second-order valence-corrected chi connectivity index (χ2v) is 8.47. The third-order valence-corrected chi connectivity index (χ3v) is 6.36. The van der Waals surface area contributed by atoms with E-state index in [0.717, 1.165) is 19.5 Å². The molecule has 2 aromatic rings. The molecule has 1 saturated carbocycles. The average molecular weight is 411 g/mol. The van der Waals surface area contributed by atoms with Crippen molar-refractivity contribution in [2.75, 3.05) is 18.4 Å². The Kier molecular flexibility index (Phi) is 5.70. The molecule has 2 aliphatic rings. The summed E-state index contributed by atoms with van der Waals surface area (Å²) in [5, 5.41) is 2.66. The van der Waals surface area contributed by atoms with Gasteiger partial charge >= 0.3 is 0 Å². The summed E-state index contributed by atoms with van der Waals surface area (Å²) < 4.78 is 14.3. The summed E-state index contributed by atoms with van der Waals surface area (Å²) in [6.45, 7) is 1.43. The van der Waals surface area contributed by atoms with E-state index in [0.29, 0.717) is 5.69 Å². The first-order valence-corrected chi connectivity index (χ1v) is 10.5. The van der Waals surface area contributed by atoms with Crippen LogP contribution in [0.25, 0.3) is 0 Å². The van der Waals surface area contributed by atoms with Gasteiger partial charge in [-0.05, 0) is 55.0 Å². The van der Waals surface area contributed by atoms with Gasteiger partial charge in [0.1, 0.15) is 12.4 Å². The monoisotopic (exact) mass is 411 g/mol. The van der Waals surface area contributed by atoms with E-state index < -0.39 is 11.7 Å². The van der Waals surface area contributed by atoms with Crippen LogP contribution in [0.1, 0.15) is 48.9 Å². The molecule has 1 aliphatic carbocycles. The Hall–Kier alpha value is -2.96. The number of pyridine rings is 1. The molecule has 1 N–H and O–H groups in total. The highest BCUT2D eigenvalue weighted by Crippen LogP contribution is 2.43. The molecular weight excluding hydrogens is 385 g/mol. The van der Waals surface area contributed by atoms with Gasteiger partial charge in [-0.25, -0.2) is 4.39 Å². The maximum Gasteiger partial charge on any atom is 0.257 e. The van der Waals surface area contributed by atoms with Crippen LogP contribution in [0.3, 0.4) is 0 Å². The first-order chi connectivity index (χ1) is 14.4. The van der Waals surface area contributed by atoms with Crippen LogP contribution >= 0.6 is 0 Å². The van der Waals surface area contributed by atoms with E-state index in [-0.39, 0.29) is 29.0 Å². The maximum atomic E-state index is 13.0. The second kappa shape index (κ2) is 8.42. The maximum absolute atomic E-state index is 13.0. The Morgan fingerprint density at radius 3 is 2.47 bits per heavy atom. The van der Waals surface area contributed by atoms with Crippen molar-refractivity contribution in [3.63, 3.8) is 0 Å². The van der Waals surface area contributed by atoms with Crippen LogP contribution in [0, 0.1) is 11.2 Å². The zero-order valence-corrected chi connectivity index (χ0v) is 16.9. The summed E-state index contributed by atoms with van der Waals surface area (Å²) in [6.07, 6.45) is 8.53. The third kappa shape index (κ3) is 4.45. The number of rotatable bonds is 4. The van der Waals surface area contributed by atoms with Crippen molar-refractivity contribution in [3.8, 4) is 0 Å². The Balaban J connectivity index is 1.43.